The van der Waals surface area contributed by atoms with Gasteiger partial charge in [-0.15, -0.1) is 0 Å². The van der Waals surface area contributed by atoms with Crippen LogP contribution in [-0.2, 0) is 11.3 Å². The maximum Gasteiger partial charge on any atom is 0.407 e. The van der Waals surface area contributed by atoms with Crippen LogP contribution in [0.5, 0.6) is 5.88 Å². The molecule has 0 atom stereocenters. The van der Waals surface area contributed by atoms with Gasteiger partial charge in [0.05, 0.1) is 11.9 Å². The van der Waals surface area contributed by atoms with E-state index in [1.165, 1.54) is 6.20 Å². The first-order chi connectivity index (χ1) is 12.8. The molecule has 0 spiro atoms. The van der Waals surface area contributed by atoms with Gasteiger partial charge in [-0.25, -0.2) is 14.2 Å². The molecule has 27 heavy (non-hydrogen) atoms. The molecule has 0 radical (unpaired) electrons. The minimum Gasteiger partial charge on any atom is -0.473 e. The van der Waals surface area contributed by atoms with Crippen LogP contribution in [0.3, 0.4) is 0 Å². The number of rotatable bonds is 6. The number of carbonyl (C=O) groups excluding carboxylic acids is 2. The number of pyridine rings is 1. The molecule has 0 aromatic carbocycles. The summed E-state index contributed by atoms with van der Waals surface area (Å²) in [7, 11) is 0. The Morgan fingerprint density at radius 1 is 1.44 bits per heavy atom. The monoisotopic (exact) mass is 377 g/mol. The molecule has 7 nitrogen and oxygen atoms in total. The number of amides is 2. The van der Waals surface area contributed by atoms with Crippen LogP contribution in [0.25, 0.3) is 0 Å². The van der Waals surface area contributed by atoms with Gasteiger partial charge in [0.25, 0.3) is 5.91 Å². The van der Waals surface area contributed by atoms with E-state index >= 15 is 0 Å². The summed E-state index contributed by atoms with van der Waals surface area (Å²) in [5.74, 6) is 0.327. The fraction of sp³-hybridized carbons (Fsp3) is 0.526. The molecule has 1 N–H and O–H groups in total. The van der Waals surface area contributed by atoms with Crippen LogP contribution in [0.1, 0.15) is 49.5 Å². The second kappa shape index (κ2) is 7.54. The van der Waals surface area contributed by atoms with Gasteiger partial charge in [-0.05, 0) is 39.2 Å². The summed E-state index contributed by atoms with van der Waals surface area (Å²) in [5, 5.41) is 2.48. The van der Waals surface area contributed by atoms with Crippen molar-refractivity contribution in [3.05, 3.63) is 35.3 Å². The lowest BCUT2D eigenvalue weighted by atomic mass is 10.2. The Hall–Kier alpha value is -2.64. The average Bonchev–Trinajstić information content (AvgIpc) is 3.38. The number of hydrogen-bond acceptors (Lipinski definition) is 5. The average molecular weight is 377 g/mol. The first kappa shape index (κ1) is 19.1. The molecule has 1 aliphatic heterocycles. The number of carbonyl (C=O) groups is 2. The number of nitrogens with one attached hydrogen (secondary N) is 1. The molecule has 2 amide bonds. The van der Waals surface area contributed by atoms with Crippen LogP contribution in [-0.4, -0.2) is 46.7 Å². The second-order valence-corrected chi connectivity index (χ2v) is 7.76. The fourth-order valence-electron chi connectivity index (χ4n) is 2.76. The number of alkyl carbamates (subject to hydrolysis) is 1. The van der Waals surface area contributed by atoms with Crippen molar-refractivity contribution in [2.75, 3.05) is 13.2 Å². The fourth-order valence-corrected chi connectivity index (χ4v) is 2.76. The van der Waals surface area contributed by atoms with Crippen LogP contribution in [0, 0.1) is 0 Å². The van der Waals surface area contributed by atoms with Gasteiger partial charge in [-0.2, -0.15) is 0 Å². The van der Waals surface area contributed by atoms with Gasteiger partial charge in [-0.1, -0.05) is 0 Å². The normalized spacial score (nSPS) is 17.0. The van der Waals surface area contributed by atoms with Crippen LogP contribution in [0.2, 0.25) is 0 Å². The molecule has 0 unspecified atom stereocenters. The van der Waals surface area contributed by atoms with Crippen LogP contribution in [0.4, 0.5) is 9.18 Å². The van der Waals surface area contributed by atoms with E-state index in [1.807, 2.05) is 4.90 Å². The molecule has 1 saturated carbocycles. The number of halogens is 1. The predicted octanol–water partition coefficient (Wildman–Crippen LogP) is 2.96. The minimum atomic E-state index is -0.629. The van der Waals surface area contributed by atoms with Gasteiger partial charge >= 0.3 is 6.09 Å². The van der Waals surface area contributed by atoms with Crippen LogP contribution < -0.4 is 10.1 Å². The van der Waals surface area contributed by atoms with Crippen molar-refractivity contribution in [2.24, 2.45) is 0 Å². The molecule has 0 bridgehead atoms. The Morgan fingerprint density at radius 3 is 2.81 bits per heavy atom. The first-order valence-corrected chi connectivity index (χ1v) is 8.94. The highest BCUT2D eigenvalue weighted by molar-refractivity contribution is 5.98. The van der Waals surface area contributed by atoms with Crippen LogP contribution >= 0.6 is 0 Å². The highest BCUT2D eigenvalue weighted by atomic mass is 19.1. The highest BCUT2D eigenvalue weighted by Crippen LogP contribution is 2.35. The lowest BCUT2D eigenvalue weighted by Crippen LogP contribution is -2.34. The molecule has 146 valence electrons. The summed E-state index contributed by atoms with van der Waals surface area (Å²) in [6.45, 7) is 5.69. The van der Waals surface area contributed by atoms with Gasteiger partial charge in [0, 0.05) is 37.0 Å². The number of ether oxygens (including phenoxy) is 2. The van der Waals surface area contributed by atoms with E-state index in [9.17, 15) is 14.0 Å². The van der Waals surface area contributed by atoms with Crippen molar-refractivity contribution in [3.8, 4) is 5.88 Å². The highest BCUT2D eigenvalue weighted by Gasteiger charge is 2.38. The standard InChI is InChI=1S/C19H24FN3O4/c1-19(2,3)27-18(25)22-8-12(7-20)11-26-16-6-13-10-23(14-4-5-14)17(24)15(13)9-21-16/h6-7,9,14H,4-5,8,10-11H2,1-3H3,(H,22,25)/b12-7-. The van der Waals surface area contributed by atoms with Crippen molar-refractivity contribution in [3.63, 3.8) is 0 Å². The van der Waals surface area contributed by atoms with E-state index in [0.717, 1.165) is 18.4 Å². The Balaban J connectivity index is 1.51. The number of hydrogen-bond donors (Lipinski definition) is 1. The first-order valence-electron chi connectivity index (χ1n) is 8.94. The third kappa shape index (κ3) is 4.96. The molecule has 1 fully saturated rings. The third-order valence-electron chi connectivity index (χ3n) is 4.20. The van der Waals surface area contributed by atoms with Crippen molar-refractivity contribution in [1.82, 2.24) is 15.2 Å². The Morgan fingerprint density at radius 2 is 2.19 bits per heavy atom. The molecule has 1 aromatic heterocycles. The summed E-state index contributed by atoms with van der Waals surface area (Å²) in [5.41, 5.74) is 1.08. The van der Waals surface area contributed by atoms with Crippen LogP contribution in [0.15, 0.2) is 24.2 Å². The van der Waals surface area contributed by atoms with E-state index in [-0.39, 0.29) is 24.6 Å². The summed E-state index contributed by atoms with van der Waals surface area (Å²) < 4.78 is 23.7. The Labute approximate surface area is 157 Å². The third-order valence-corrected chi connectivity index (χ3v) is 4.20. The van der Waals surface area contributed by atoms with E-state index in [0.29, 0.717) is 30.4 Å². The largest absolute Gasteiger partial charge is 0.473 e. The molecule has 1 aromatic rings. The second-order valence-electron chi connectivity index (χ2n) is 7.76. The van der Waals surface area contributed by atoms with E-state index in [1.54, 1.807) is 26.8 Å². The molecule has 0 saturated heterocycles. The van der Waals surface area contributed by atoms with Crippen molar-refractivity contribution >= 4 is 12.0 Å². The number of nitrogens with zero attached hydrogens (tertiary/aromatic N) is 2. The Kier molecular flexibility index (Phi) is 5.34. The van der Waals surface area contributed by atoms with Gasteiger partial charge in [0.1, 0.15) is 12.2 Å². The predicted molar refractivity (Wildman–Crippen MR) is 96.1 cm³/mol. The van der Waals surface area contributed by atoms with Crippen molar-refractivity contribution in [2.45, 2.75) is 51.8 Å². The minimum absolute atomic E-state index is 0.0115. The summed E-state index contributed by atoms with van der Waals surface area (Å²) in [6.07, 6.45) is 3.37. The molecular formula is C19H24FN3O4. The lowest BCUT2D eigenvalue weighted by molar-refractivity contribution is 0.0531. The summed E-state index contributed by atoms with van der Waals surface area (Å²) in [4.78, 5) is 29.9. The van der Waals surface area contributed by atoms with Gasteiger partial charge < -0.3 is 19.7 Å². The molecule has 8 heteroatoms. The summed E-state index contributed by atoms with van der Waals surface area (Å²) in [6, 6.07) is 2.06. The topological polar surface area (TPSA) is 80.8 Å². The lowest BCUT2D eigenvalue weighted by Gasteiger charge is -2.20. The van der Waals surface area contributed by atoms with Crippen molar-refractivity contribution < 1.29 is 23.5 Å². The zero-order valence-corrected chi connectivity index (χ0v) is 15.8. The quantitative estimate of drug-likeness (QED) is 0.824. The van der Waals surface area contributed by atoms with E-state index in [4.69, 9.17) is 9.47 Å². The van der Waals surface area contributed by atoms with Gasteiger partial charge in [0.15, 0.2) is 0 Å². The number of fused-ring (bicyclic) bond motifs is 1. The molecule has 2 aliphatic rings. The molecule has 1 aliphatic carbocycles. The van der Waals surface area contributed by atoms with E-state index < -0.39 is 11.7 Å². The maximum atomic E-state index is 13.1. The maximum absolute atomic E-state index is 13.1. The SMILES string of the molecule is CC(C)(C)OC(=O)NC/C(=C/F)COc1cc2c(cn1)C(=O)N(C1CC1)C2. The van der Waals surface area contributed by atoms with E-state index in [2.05, 4.69) is 10.3 Å². The summed E-state index contributed by atoms with van der Waals surface area (Å²) >= 11 is 0. The van der Waals surface area contributed by atoms with Gasteiger partial charge in [-0.3, -0.25) is 4.79 Å². The molecule has 2 heterocycles. The Bertz CT molecular complexity index is 769. The molecular weight excluding hydrogens is 353 g/mol. The van der Waals surface area contributed by atoms with Crippen molar-refractivity contribution in [1.29, 1.82) is 0 Å². The van der Waals surface area contributed by atoms with Gasteiger partial charge in [0.2, 0.25) is 5.88 Å². The number of aromatic nitrogens is 1. The zero-order chi connectivity index (χ0) is 19.6. The zero-order valence-electron chi connectivity index (χ0n) is 15.8. The molecule has 3 rings (SSSR count). The smallest absolute Gasteiger partial charge is 0.407 e.